The lowest BCUT2D eigenvalue weighted by Crippen LogP contribution is -2.30. The van der Waals surface area contributed by atoms with Gasteiger partial charge in [-0.3, -0.25) is 10.3 Å². The van der Waals surface area contributed by atoms with Gasteiger partial charge in [0.05, 0.1) is 11.9 Å². The van der Waals surface area contributed by atoms with Gasteiger partial charge in [0.2, 0.25) is 0 Å². The van der Waals surface area contributed by atoms with Gasteiger partial charge in [0, 0.05) is 11.7 Å². The molecule has 0 saturated carbocycles. The van der Waals surface area contributed by atoms with E-state index in [4.69, 9.17) is 10.5 Å². The lowest BCUT2D eigenvalue weighted by atomic mass is 9.97. The fourth-order valence-electron chi connectivity index (χ4n) is 2.29. The number of hydrogen-bond acceptors (Lipinski definition) is 4. The summed E-state index contributed by atoms with van der Waals surface area (Å²) in [6.07, 6.45) is 4.66. The first-order valence-electron chi connectivity index (χ1n) is 6.45. The standard InChI is InChI=1S/C14H21N3O2/c1-13(2,3)19-12(18)17-11-8-16-7-10-9(11)5-6-14(10,4)15/h7-8H,5-6,15H2,1-4H3,(H,17,18). The summed E-state index contributed by atoms with van der Waals surface area (Å²) < 4.78 is 5.24. The highest BCUT2D eigenvalue weighted by Crippen LogP contribution is 2.37. The molecule has 0 bridgehead atoms. The van der Waals surface area contributed by atoms with E-state index in [2.05, 4.69) is 10.3 Å². The van der Waals surface area contributed by atoms with E-state index in [1.807, 2.05) is 27.7 Å². The van der Waals surface area contributed by atoms with Crippen LogP contribution < -0.4 is 11.1 Å². The van der Waals surface area contributed by atoms with Gasteiger partial charge in [-0.15, -0.1) is 0 Å². The van der Waals surface area contributed by atoms with Crippen molar-refractivity contribution in [1.29, 1.82) is 0 Å². The fourth-order valence-corrected chi connectivity index (χ4v) is 2.29. The van der Waals surface area contributed by atoms with Gasteiger partial charge >= 0.3 is 6.09 Å². The predicted octanol–water partition coefficient (Wildman–Crippen LogP) is 2.55. The Morgan fingerprint density at radius 3 is 2.79 bits per heavy atom. The van der Waals surface area contributed by atoms with Gasteiger partial charge in [0.15, 0.2) is 0 Å². The van der Waals surface area contributed by atoms with Gasteiger partial charge in [-0.05, 0) is 51.7 Å². The molecule has 1 atom stereocenters. The summed E-state index contributed by atoms with van der Waals surface area (Å²) in [5.74, 6) is 0. The summed E-state index contributed by atoms with van der Waals surface area (Å²) in [7, 11) is 0. The van der Waals surface area contributed by atoms with Crippen molar-refractivity contribution in [1.82, 2.24) is 4.98 Å². The highest BCUT2D eigenvalue weighted by molar-refractivity contribution is 5.86. The number of anilines is 1. The maximum Gasteiger partial charge on any atom is 0.412 e. The third-order valence-corrected chi connectivity index (χ3v) is 3.20. The molecule has 1 unspecified atom stereocenters. The van der Waals surface area contributed by atoms with E-state index in [-0.39, 0.29) is 5.54 Å². The quantitative estimate of drug-likeness (QED) is 0.816. The van der Waals surface area contributed by atoms with Crippen LogP contribution in [0, 0.1) is 0 Å². The van der Waals surface area contributed by atoms with E-state index < -0.39 is 11.7 Å². The minimum atomic E-state index is -0.516. The van der Waals surface area contributed by atoms with Crippen LogP contribution in [0.1, 0.15) is 45.2 Å². The van der Waals surface area contributed by atoms with E-state index in [1.54, 1.807) is 12.4 Å². The van der Waals surface area contributed by atoms with Crippen molar-refractivity contribution in [3.05, 3.63) is 23.5 Å². The molecule has 0 saturated heterocycles. The van der Waals surface area contributed by atoms with Crippen molar-refractivity contribution in [3.63, 3.8) is 0 Å². The highest BCUT2D eigenvalue weighted by Gasteiger charge is 2.32. The van der Waals surface area contributed by atoms with E-state index >= 15 is 0 Å². The Morgan fingerprint density at radius 1 is 1.47 bits per heavy atom. The lowest BCUT2D eigenvalue weighted by molar-refractivity contribution is 0.0635. The zero-order valence-electron chi connectivity index (χ0n) is 11.9. The molecule has 5 heteroatoms. The molecule has 0 spiro atoms. The smallest absolute Gasteiger partial charge is 0.412 e. The first-order chi connectivity index (χ1) is 8.69. The average molecular weight is 263 g/mol. The Morgan fingerprint density at radius 2 is 2.16 bits per heavy atom. The number of hydrogen-bond donors (Lipinski definition) is 2. The monoisotopic (exact) mass is 263 g/mol. The second kappa shape index (κ2) is 4.49. The van der Waals surface area contributed by atoms with Gasteiger partial charge in [-0.25, -0.2) is 4.79 Å². The Hall–Kier alpha value is -1.62. The lowest BCUT2D eigenvalue weighted by Gasteiger charge is -2.21. The molecule has 5 nitrogen and oxygen atoms in total. The minimum Gasteiger partial charge on any atom is -0.444 e. The average Bonchev–Trinajstić information content (AvgIpc) is 2.53. The van der Waals surface area contributed by atoms with Gasteiger partial charge in [0.25, 0.3) is 0 Å². The first-order valence-corrected chi connectivity index (χ1v) is 6.45. The number of nitrogens with two attached hydrogens (primary N) is 1. The van der Waals surface area contributed by atoms with Crippen LogP contribution >= 0.6 is 0 Å². The predicted molar refractivity (Wildman–Crippen MR) is 74.0 cm³/mol. The molecule has 1 aliphatic carbocycles. The van der Waals surface area contributed by atoms with Crippen molar-refractivity contribution in [2.24, 2.45) is 5.73 Å². The maximum absolute atomic E-state index is 11.8. The molecule has 0 aliphatic heterocycles. The van der Waals surface area contributed by atoms with Crippen LogP contribution in [0.3, 0.4) is 0 Å². The Bertz CT molecular complexity index is 504. The number of aromatic nitrogens is 1. The topological polar surface area (TPSA) is 77.2 Å². The number of rotatable bonds is 1. The molecule has 1 heterocycles. The maximum atomic E-state index is 11.8. The third-order valence-electron chi connectivity index (χ3n) is 3.20. The molecule has 0 aromatic carbocycles. The van der Waals surface area contributed by atoms with Gasteiger partial charge in [-0.1, -0.05) is 0 Å². The molecule has 19 heavy (non-hydrogen) atoms. The zero-order chi connectivity index (χ0) is 14.3. The van der Waals surface area contributed by atoms with Crippen LogP contribution in [-0.4, -0.2) is 16.7 Å². The summed E-state index contributed by atoms with van der Waals surface area (Å²) in [4.78, 5) is 15.9. The highest BCUT2D eigenvalue weighted by atomic mass is 16.6. The van der Waals surface area contributed by atoms with E-state index in [0.29, 0.717) is 5.69 Å². The second-order valence-electron chi connectivity index (χ2n) is 6.26. The fraction of sp³-hybridized carbons (Fsp3) is 0.571. The number of nitrogens with zero attached hydrogens (tertiary/aromatic N) is 1. The van der Waals surface area contributed by atoms with Crippen molar-refractivity contribution >= 4 is 11.8 Å². The van der Waals surface area contributed by atoms with E-state index in [9.17, 15) is 4.79 Å². The van der Waals surface area contributed by atoms with Crippen molar-refractivity contribution in [2.75, 3.05) is 5.32 Å². The molecule has 0 radical (unpaired) electrons. The molecule has 2 rings (SSSR count). The number of nitrogens with one attached hydrogen (secondary N) is 1. The van der Waals surface area contributed by atoms with Crippen LogP contribution in [0.2, 0.25) is 0 Å². The molecule has 3 N–H and O–H groups in total. The van der Waals surface area contributed by atoms with Gasteiger partial charge in [-0.2, -0.15) is 0 Å². The number of carbonyl (C=O) groups excluding carboxylic acids is 1. The number of ether oxygens (including phenoxy) is 1. The van der Waals surface area contributed by atoms with Crippen molar-refractivity contribution in [2.45, 2.75) is 51.7 Å². The second-order valence-corrected chi connectivity index (χ2v) is 6.26. The number of amides is 1. The van der Waals surface area contributed by atoms with Crippen LogP contribution in [0.25, 0.3) is 0 Å². The van der Waals surface area contributed by atoms with E-state index in [1.165, 1.54) is 0 Å². The third kappa shape index (κ3) is 3.04. The summed E-state index contributed by atoms with van der Waals surface area (Å²) >= 11 is 0. The molecule has 1 aromatic rings. The molecule has 1 aliphatic rings. The van der Waals surface area contributed by atoms with Crippen LogP contribution in [0.15, 0.2) is 12.4 Å². The summed E-state index contributed by atoms with van der Waals surface area (Å²) in [6, 6.07) is 0. The van der Waals surface area contributed by atoms with Crippen molar-refractivity contribution in [3.8, 4) is 0 Å². The molecule has 0 fully saturated rings. The summed E-state index contributed by atoms with van der Waals surface area (Å²) in [6.45, 7) is 7.48. The zero-order valence-corrected chi connectivity index (χ0v) is 11.9. The molecular formula is C14H21N3O2. The van der Waals surface area contributed by atoms with Gasteiger partial charge < -0.3 is 10.5 Å². The molecule has 1 aromatic heterocycles. The SMILES string of the molecule is CC(C)(C)OC(=O)Nc1cncc2c1CCC2(C)N. The molecule has 104 valence electrons. The molecular weight excluding hydrogens is 242 g/mol. The largest absolute Gasteiger partial charge is 0.444 e. The van der Waals surface area contributed by atoms with Crippen LogP contribution in [-0.2, 0) is 16.7 Å². The first kappa shape index (κ1) is 13.8. The Labute approximate surface area is 113 Å². The van der Waals surface area contributed by atoms with Gasteiger partial charge in [0.1, 0.15) is 5.60 Å². The van der Waals surface area contributed by atoms with Crippen molar-refractivity contribution < 1.29 is 9.53 Å². The Balaban J connectivity index is 2.20. The Kier molecular flexibility index (Phi) is 3.26. The van der Waals surface area contributed by atoms with Crippen LogP contribution in [0.5, 0.6) is 0 Å². The number of pyridine rings is 1. The molecule has 1 amide bonds. The number of fused-ring (bicyclic) bond motifs is 1. The van der Waals surface area contributed by atoms with E-state index in [0.717, 1.165) is 24.0 Å². The normalized spacial score (nSPS) is 21.9. The number of carbonyl (C=O) groups is 1. The minimum absolute atomic E-state index is 0.367. The summed E-state index contributed by atoms with van der Waals surface area (Å²) in [5, 5.41) is 2.76. The van der Waals surface area contributed by atoms with Crippen LogP contribution in [0.4, 0.5) is 10.5 Å². The summed E-state index contributed by atoms with van der Waals surface area (Å²) in [5.41, 5.74) is 8.08.